The lowest BCUT2D eigenvalue weighted by atomic mass is 10.0. The minimum Gasteiger partial charge on any atom is -0.481 e. The SMILES string of the molecule is CCOC(=O)N1CCN(c2ccc3c(-c4ccccc4)cc(OC)nc3n2)CC1. The number of rotatable bonds is 4. The van der Waals surface area contributed by atoms with Crippen molar-refractivity contribution in [3.63, 3.8) is 0 Å². The number of carbonyl (C=O) groups excluding carboxylic acids is 1. The Morgan fingerprint density at radius 3 is 2.48 bits per heavy atom. The zero-order valence-electron chi connectivity index (χ0n) is 16.7. The smallest absolute Gasteiger partial charge is 0.409 e. The first-order valence-electron chi connectivity index (χ1n) is 9.77. The summed E-state index contributed by atoms with van der Waals surface area (Å²) >= 11 is 0. The Hall–Kier alpha value is -3.35. The summed E-state index contributed by atoms with van der Waals surface area (Å²) in [4.78, 5) is 25.2. The fraction of sp³-hybridized carbons (Fsp3) is 0.318. The van der Waals surface area contributed by atoms with Gasteiger partial charge in [-0.2, -0.15) is 4.98 Å². The molecular weight excluding hydrogens is 368 g/mol. The van der Waals surface area contributed by atoms with Crippen LogP contribution in [0.1, 0.15) is 6.92 Å². The molecule has 1 amide bonds. The minimum atomic E-state index is -0.252. The number of hydrogen-bond donors (Lipinski definition) is 0. The molecule has 3 heterocycles. The molecule has 1 aliphatic rings. The predicted octanol–water partition coefficient (Wildman–Crippen LogP) is 3.58. The van der Waals surface area contributed by atoms with E-state index in [0.29, 0.717) is 44.3 Å². The van der Waals surface area contributed by atoms with E-state index in [4.69, 9.17) is 14.5 Å². The zero-order chi connectivity index (χ0) is 20.2. The molecule has 1 saturated heterocycles. The number of aromatic nitrogens is 2. The van der Waals surface area contributed by atoms with Gasteiger partial charge in [0.2, 0.25) is 5.88 Å². The van der Waals surface area contributed by atoms with Crippen LogP contribution >= 0.6 is 0 Å². The maximum absolute atomic E-state index is 11.9. The number of nitrogens with zero attached hydrogens (tertiary/aromatic N) is 4. The maximum Gasteiger partial charge on any atom is 0.409 e. The normalized spacial score (nSPS) is 14.1. The van der Waals surface area contributed by atoms with Gasteiger partial charge in [-0.15, -0.1) is 0 Å². The molecule has 0 saturated carbocycles. The molecule has 150 valence electrons. The highest BCUT2D eigenvalue weighted by atomic mass is 16.6. The first kappa shape index (κ1) is 19.0. The van der Waals surface area contributed by atoms with Crippen molar-refractivity contribution in [2.75, 3.05) is 44.8 Å². The van der Waals surface area contributed by atoms with Crippen LogP contribution in [0.2, 0.25) is 0 Å². The van der Waals surface area contributed by atoms with E-state index in [-0.39, 0.29) is 6.09 Å². The van der Waals surface area contributed by atoms with Crippen molar-refractivity contribution in [1.29, 1.82) is 0 Å². The highest BCUT2D eigenvalue weighted by Crippen LogP contribution is 2.31. The van der Waals surface area contributed by atoms with Gasteiger partial charge in [-0.25, -0.2) is 9.78 Å². The zero-order valence-corrected chi connectivity index (χ0v) is 16.7. The van der Waals surface area contributed by atoms with E-state index in [9.17, 15) is 4.79 Å². The van der Waals surface area contributed by atoms with Crippen molar-refractivity contribution in [1.82, 2.24) is 14.9 Å². The number of benzene rings is 1. The van der Waals surface area contributed by atoms with Gasteiger partial charge in [0, 0.05) is 37.6 Å². The van der Waals surface area contributed by atoms with Crippen LogP contribution in [0.25, 0.3) is 22.2 Å². The van der Waals surface area contributed by atoms with E-state index in [2.05, 4.69) is 28.1 Å². The summed E-state index contributed by atoms with van der Waals surface area (Å²) < 4.78 is 10.5. The predicted molar refractivity (Wildman–Crippen MR) is 112 cm³/mol. The van der Waals surface area contributed by atoms with Crippen molar-refractivity contribution in [2.45, 2.75) is 6.92 Å². The number of fused-ring (bicyclic) bond motifs is 1. The van der Waals surface area contributed by atoms with Crippen LogP contribution in [-0.2, 0) is 4.74 Å². The lowest BCUT2D eigenvalue weighted by Crippen LogP contribution is -2.49. The van der Waals surface area contributed by atoms with Crippen LogP contribution in [0.4, 0.5) is 10.6 Å². The van der Waals surface area contributed by atoms with E-state index in [1.165, 1.54) is 0 Å². The molecule has 1 fully saturated rings. The first-order chi connectivity index (χ1) is 14.2. The van der Waals surface area contributed by atoms with Gasteiger partial charge in [0.15, 0.2) is 5.65 Å². The Bertz CT molecular complexity index is 1000. The number of amides is 1. The van der Waals surface area contributed by atoms with Gasteiger partial charge in [-0.1, -0.05) is 30.3 Å². The second-order valence-corrected chi connectivity index (χ2v) is 6.79. The molecule has 0 aliphatic carbocycles. The van der Waals surface area contributed by atoms with Crippen molar-refractivity contribution >= 4 is 22.9 Å². The van der Waals surface area contributed by atoms with E-state index < -0.39 is 0 Å². The Morgan fingerprint density at radius 2 is 1.79 bits per heavy atom. The summed E-state index contributed by atoms with van der Waals surface area (Å²) in [6.45, 7) is 4.83. The van der Waals surface area contributed by atoms with Crippen LogP contribution in [0.15, 0.2) is 48.5 Å². The van der Waals surface area contributed by atoms with Gasteiger partial charge in [-0.05, 0) is 30.2 Å². The summed E-state index contributed by atoms with van der Waals surface area (Å²) in [5.41, 5.74) is 2.78. The van der Waals surface area contributed by atoms with E-state index >= 15 is 0 Å². The molecule has 7 nitrogen and oxygen atoms in total. The number of anilines is 1. The summed E-state index contributed by atoms with van der Waals surface area (Å²) in [5.74, 6) is 1.38. The topological polar surface area (TPSA) is 67.8 Å². The molecule has 0 N–H and O–H groups in total. The van der Waals surface area contributed by atoms with Crippen LogP contribution in [0.5, 0.6) is 5.88 Å². The second-order valence-electron chi connectivity index (χ2n) is 6.79. The number of methoxy groups -OCH3 is 1. The monoisotopic (exact) mass is 392 g/mol. The standard InChI is InChI=1S/C22H24N4O3/c1-3-29-22(27)26-13-11-25(12-14-26)19-10-9-17-18(16-7-5-4-6-8-16)15-20(28-2)24-21(17)23-19/h4-10,15H,3,11-14H2,1-2H3. The average Bonchev–Trinajstić information content (AvgIpc) is 2.78. The van der Waals surface area contributed by atoms with Gasteiger partial charge in [0.05, 0.1) is 13.7 Å². The van der Waals surface area contributed by atoms with E-state index in [0.717, 1.165) is 22.3 Å². The molecule has 3 aromatic rings. The van der Waals surface area contributed by atoms with Gasteiger partial charge in [0.25, 0.3) is 0 Å². The van der Waals surface area contributed by atoms with Crippen LogP contribution < -0.4 is 9.64 Å². The first-order valence-corrected chi connectivity index (χ1v) is 9.77. The van der Waals surface area contributed by atoms with Crippen LogP contribution in [0, 0.1) is 0 Å². The molecule has 0 spiro atoms. The van der Waals surface area contributed by atoms with Crippen molar-refractivity contribution in [3.05, 3.63) is 48.5 Å². The van der Waals surface area contributed by atoms with Crippen molar-refractivity contribution in [2.24, 2.45) is 0 Å². The molecule has 1 aliphatic heterocycles. The van der Waals surface area contributed by atoms with Crippen molar-refractivity contribution < 1.29 is 14.3 Å². The molecule has 0 radical (unpaired) electrons. The summed E-state index contributed by atoms with van der Waals surface area (Å²) in [6, 6.07) is 16.2. The molecule has 0 atom stereocenters. The number of hydrogen-bond acceptors (Lipinski definition) is 6. The molecule has 0 unspecified atom stereocenters. The molecule has 2 aromatic heterocycles. The Balaban J connectivity index is 1.62. The minimum absolute atomic E-state index is 0.252. The fourth-order valence-corrected chi connectivity index (χ4v) is 3.54. The van der Waals surface area contributed by atoms with Gasteiger partial charge >= 0.3 is 6.09 Å². The Labute approximate surface area is 169 Å². The van der Waals surface area contributed by atoms with E-state index in [1.54, 1.807) is 12.0 Å². The lowest BCUT2D eigenvalue weighted by molar-refractivity contribution is 0.105. The summed E-state index contributed by atoms with van der Waals surface area (Å²) in [6.07, 6.45) is -0.252. The highest BCUT2D eigenvalue weighted by molar-refractivity contribution is 5.94. The lowest BCUT2D eigenvalue weighted by Gasteiger charge is -2.34. The second kappa shape index (κ2) is 8.34. The summed E-state index contributed by atoms with van der Waals surface area (Å²) in [5, 5.41) is 0.978. The Kier molecular flexibility index (Phi) is 5.46. The van der Waals surface area contributed by atoms with Gasteiger partial charge in [0.1, 0.15) is 5.82 Å². The molecular formula is C22H24N4O3. The molecule has 7 heteroatoms. The number of ether oxygens (including phenoxy) is 2. The fourth-order valence-electron chi connectivity index (χ4n) is 3.54. The maximum atomic E-state index is 11.9. The number of carbonyl (C=O) groups is 1. The third-order valence-corrected chi connectivity index (χ3v) is 5.06. The van der Waals surface area contributed by atoms with Gasteiger partial charge in [-0.3, -0.25) is 0 Å². The van der Waals surface area contributed by atoms with Crippen LogP contribution in [-0.4, -0.2) is 60.9 Å². The van der Waals surface area contributed by atoms with Crippen LogP contribution in [0.3, 0.4) is 0 Å². The highest BCUT2D eigenvalue weighted by Gasteiger charge is 2.23. The van der Waals surface area contributed by atoms with Crippen molar-refractivity contribution in [3.8, 4) is 17.0 Å². The average molecular weight is 392 g/mol. The summed E-state index contributed by atoms with van der Waals surface area (Å²) in [7, 11) is 1.61. The number of piperazine rings is 1. The number of pyridine rings is 2. The quantitative estimate of drug-likeness (QED) is 0.676. The Morgan fingerprint density at radius 1 is 1.03 bits per heavy atom. The third-order valence-electron chi connectivity index (χ3n) is 5.06. The molecule has 29 heavy (non-hydrogen) atoms. The third kappa shape index (κ3) is 3.94. The largest absolute Gasteiger partial charge is 0.481 e. The molecule has 4 rings (SSSR count). The molecule has 1 aromatic carbocycles. The van der Waals surface area contributed by atoms with E-state index in [1.807, 2.05) is 37.3 Å². The molecule has 0 bridgehead atoms. The van der Waals surface area contributed by atoms with Gasteiger partial charge < -0.3 is 19.3 Å².